The van der Waals surface area contributed by atoms with Crippen molar-refractivity contribution in [2.45, 2.75) is 57.4 Å². The summed E-state index contributed by atoms with van der Waals surface area (Å²) in [6.07, 6.45) is 2.77. The second kappa shape index (κ2) is 11.2. The molecule has 1 aliphatic rings. The van der Waals surface area contributed by atoms with Crippen molar-refractivity contribution < 1.29 is 13.7 Å². The third-order valence-electron chi connectivity index (χ3n) is 6.79. The SMILES string of the molecule is C=S(=O)(NC(C)(CC)CCC)c1ccc(OC)c(N2CCN(C(=O)c3ccc(C)cc3Cl)CC2)c1. The maximum Gasteiger partial charge on any atom is 0.255 e. The molecule has 3 rings (SSSR count). The first kappa shape index (κ1) is 27.4. The number of anilines is 1. The van der Waals surface area contributed by atoms with Crippen LogP contribution in [0, 0.1) is 6.92 Å². The fraction of sp³-hybridized carbons (Fsp3) is 0.481. The summed E-state index contributed by atoms with van der Waals surface area (Å²) >= 11 is 6.33. The Morgan fingerprint density at radius 2 is 1.86 bits per heavy atom. The summed E-state index contributed by atoms with van der Waals surface area (Å²) in [4.78, 5) is 17.7. The van der Waals surface area contributed by atoms with Crippen LogP contribution in [-0.4, -0.2) is 59.7 Å². The van der Waals surface area contributed by atoms with Gasteiger partial charge < -0.3 is 14.5 Å². The molecule has 8 heteroatoms. The first-order chi connectivity index (χ1) is 16.5. The molecule has 6 nitrogen and oxygen atoms in total. The van der Waals surface area contributed by atoms with Crippen LogP contribution in [0.2, 0.25) is 5.02 Å². The molecule has 35 heavy (non-hydrogen) atoms. The third-order valence-corrected chi connectivity index (χ3v) is 8.94. The zero-order chi connectivity index (χ0) is 25.8. The predicted octanol–water partition coefficient (Wildman–Crippen LogP) is 5.17. The van der Waals surface area contributed by atoms with Crippen molar-refractivity contribution in [3.8, 4) is 5.75 Å². The van der Waals surface area contributed by atoms with Crippen molar-refractivity contribution in [1.82, 2.24) is 9.62 Å². The van der Waals surface area contributed by atoms with Gasteiger partial charge in [0.25, 0.3) is 5.91 Å². The molecule has 0 radical (unpaired) electrons. The number of halogens is 1. The Labute approximate surface area is 215 Å². The summed E-state index contributed by atoms with van der Waals surface area (Å²) in [5.74, 6) is 4.72. The first-order valence-corrected chi connectivity index (χ1v) is 14.3. The van der Waals surface area contributed by atoms with Crippen LogP contribution in [0.4, 0.5) is 5.69 Å². The molecule has 2 aromatic carbocycles. The van der Waals surface area contributed by atoms with Crippen LogP contribution in [0.1, 0.15) is 56.0 Å². The number of rotatable bonds is 9. The normalized spacial score (nSPS) is 17.5. The summed E-state index contributed by atoms with van der Waals surface area (Å²) in [5, 5.41) is 0.478. The van der Waals surface area contributed by atoms with E-state index < -0.39 is 9.71 Å². The average Bonchev–Trinajstić information content (AvgIpc) is 2.83. The molecule has 1 saturated heterocycles. The van der Waals surface area contributed by atoms with Gasteiger partial charge in [-0.25, -0.2) is 8.93 Å². The van der Waals surface area contributed by atoms with E-state index in [-0.39, 0.29) is 11.4 Å². The highest BCUT2D eigenvalue weighted by molar-refractivity contribution is 7.98. The van der Waals surface area contributed by atoms with Gasteiger partial charge in [0.2, 0.25) is 0 Å². The highest BCUT2D eigenvalue weighted by atomic mass is 35.5. The van der Waals surface area contributed by atoms with Gasteiger partial charge in [0.05, 0.1) is 33.1 Å². The number of ether oxygens (including phenoxy) is 1. The summed E-state index contributed by atoms with van der Waals surface area (Å²) in [6.45, 7) is 10.6. The van der Waals surface area contributed by atoms with E-state index in [1.807, 2.05) is 42.2 Å². The van der Waals surface area contributed by atoms with Crippen LogP contribution in [0.25, 0.3) is 0 Å². The lowest BCUT2D eigenvalue weighted by molar-refractivity contribution is 0.0747. The van der Waals surface area contributed by atoms with Gasteiger partial charge in [-0.2, -0.15) is 0 Å². The highest BCUT2D eigenvalue weighted by Crippen LogP contribution is 2.33. The molecule has 1 fully saturated rings. The lowest BCUT2D eigenvalue weighted by atomic mass is 9.95. The summed E-state index contributed by atoms with van der Waals surface area (Å²) < 4.78 is 22.6. The van der Waals surface area contributed by atoms with Gasteiger partial charge >= 0.3 is 0 Å². The van der Waals surface area contributed by atoms with E-state index in [0.717, 1.165) is 30.5 Å². The number of carbonyl (C=O) groups excluding carboxylic acids is 1. The molecule has 1 heterocycles. The Hall–Kier alpha value is -2.22. The maximum atomic E-state index is 13.7. The van der Waals surface area contributed by atoms with E-state index in [1.165, 1.54) is 0 Å². The monoisotopic (exact) mass is 519 g/mol. The minimum Gasteiger partial charge on any atom is -0.495 e. The Bertz CT molecular complexity index is 1160. The molecule has 1 N–H and O–H groups in total. The van der Waals surface area contributed by atoms with E-state index in [4.69, 9.17) is 16.3 Å². The number of methoxy groups -OCH3 is 1. The number of nitrogens with zero attached hydrogens (tertiary/aromatic N) is 2. The smallest absolute Gasteiger partial charge is 0.255 e. The standard InChI is InChI=1S/C27H38ClN3O3S/c1-7-13-27(4,8-2)29-35(6,33)21-10-12-25(34-5)24(19-21)30-14-16-31(17-15-30)26(32)22-11-9-20(3)18-23(22)28/h9-12,18-19H,6-8,13-17H2,1-5H3,(H,29,33). The zero-order valence-corrected chi connectivity index (χ0v) is 23.1. The molecule has 2 aromatic rings. The molecule has 2 atom stereocenters. The molecule has 1 aliphatic heterocycles. The van der Waals surface area contributed by atoms with Crippen molar-refractivity contribution in [1.29, 1.82) is 0 Å². The minimum atomic E-state index is -2.72. The second-order valence-electron chi connectivity index (χ2n) is 9.54. The van der Waals surface area contributed by atoms with Crippen molar-refractivity contribution in [2.75, 3.05) is 38.2 Å². The van der Waals surface area contributed by atoms with Crippen LogP contribution in [0.5, 0.6) is 5.75 Å². The van der Waals surface area contributed by atoms with Gasteiger partial charge in [-0.1, -0.05) is 37.9 Å². The van der Waals surface area contributed by atoms with E-state index in [9.17, 15) is 9.00 Å². The van der Waals surface area contributed by atoms with Crippen molar-refractivity contribution in [2.24, 2.45) is 0 Å². The van der Waals surface area contributed by atoms with Crippen molar-refractivity contribution in [3.63, 3.8) is 0 Å². The molecule has 192 valence electrons. The molecule has 0 aromatic heterocycles. The number of amides is 1. The minimum absolute atomic E-state index is 0.0601. The first-order valence-electron chi connectivity index (χ1n) is 12.2. The van der Waals surface area contributed by atoms with Crippen molar-refractivity contribution >= 4 is 38.8 Å². The summed E-state index contributed by atoms with van der Waals surface area (Å²) in [6, 6.07) is 11.1. The fourth-order valence-electron chi connectivity index (χ4n) is 4.55. The number of aryl methyl sites for hydroxylation is 1. The Kier molecular flexibility index (Phi) is 8.78. The number of hydrogen-bond donors (Lipinski definition) is 1. The van der Waals surface area contributed by atoms with E-state index in [1.54, 1.807) is 13.2 Å². The molecule has 1 amide bonds. The van der Waals surface area contributed by atoms with Gasteiger partial charge in [0, 0.05) is 36.6 Å². The Balaban J connectivity index is 1.79. The number of nitrogens with one attached hydrogen (secondary N) is 1. The Morgan fingerprint density at radius 3 is 2.43 bits per heavy atom. The van der Waals surface area contributed by atoms with Crippen LogP contribution in [0.15, 0.2) is 41.3 Å². The lowest BCUT2D eigenvalue weighted by Crippen LogP contribution is -2.49. The van der Waals surface area contributed by atoms with Crippen molar-refractivity contribution in [3.05, 3.63) is 52.5 Å². The molecular weight excluding hydrogens is 482 g/mol. The molecular formula is C27H38ClN3O3S. The molecule has 0 bridgehead atoms. The van der Waals surface area contributed by atoms with Crippen LogP contribution < -0.4 is 14.4 Å². The molecule has 2 unspecified atom stereocenters. The number of carbonyl (C=O) groups is 1. The van der Waals surface area contributed by atoms with E-state index in [2.05, 4.69) is 36.3 Å². The quantitative estimate of drug-likeness (QED) is 0.464. The molecule has 0 saturated carbocycles. The fourth-order valence-corrected chi connectivity index (χ4v) is 6.61. The zero-order valence-electron chi connectivity index (χ0n) is 21.5. The highest BCUT2D eigenvalue weighted by Gasteiger charge is 2.28. The largest absolute Gasteiger partial charge is 0.495 e. The van der Waals surface area contributed by atoms with E-state index in [0.29, 0.717) is 47.4 Å². The number of piperazine rings is 1. The number of hydrogen-bond acceptors (Lipinski definition) is 4. The third kappa shape index (κ3) is 6.32. The van der Waals surface area contributed by atoms with Gasteiger partial charge in [-0.3, -0.25) is 4.79 Å². The average molecular weight is 520 g/mol. The maximum absolute atomic E-state index is 13.7. The lowest BCUT2D eigenvalue weighted by Gasteiger charge is -2.37. The topological polar surface area (TPSA) is 61.9 Å². The van der Waals surface area contributed by atoms with Gasteiger partial charge in [0.15, 0.2) is 0 Å². The van der Waals surface area contributed by atoms with Crippen LogP contribution in [0.3, 0.4) is 0 Å². The summed E-state index contributed by atoms with van der Waals surface area (Å²) in [7, 11) is -1.09. The van der Waals surface area contributed by atoms with Gasteiger partial charge in [-0.05, 0) is 68.5 Å². The Morgan fingerprint density at radius 1 is 1.17 bits per heavy atom. The van der Waals surface area contributed by atoms with Gasteiger partial charge in [0.1, 0.15) is 5.75 Å². The molecule has 0 spiro atoms. The van der Waals surface area contributed by atoms with Gasteiger partial charge in [-0.15, -0.1) is 0 Å². The van der Waals surface area contributed by atoms with Crippen LogP contribution in [-0.2, 0) is 9.71 Å². The van der Waals surface area contributed by atoms with Crippen LogP contribution >= 0.6 is 11.6 Å². The predicted molar refractivity (Wildman–Crippen MR) is 148 cm³/mol. The summed E-state index contributed by atoms with van der Waals surface area (Å²) in [5.41, 5.74) is 2.15. The number of benzene rings is 2. The van der Waals surface area contributed by atoms with E-state index >= 15 is 0 Å². The second-order valence-corrected chi connectivity index (χ2v) is 12.0. The molecule has 0 aliphatic carbocycles.